The molecule has 1 aliphatic heterocycles. The Kier molecular flexibility index (Phi) is 5.55. The number of anilines is 2. The van der Waals surface area contributed by atoms with Crippen molar-refractivity contribution >= 4 is 17.4 Å². The number of imidazole rings is 1. The molecule has 1 saturated heterocycles. The van der Waals surface area contributed by atoms with Gasteiger partial charge in [-0.2, -0.15) is 0 Å². The third-order valence-corrected chi connectivity index (χ3v) is 5.37. The topological polar surface area (TPSA) is 75.9 Å². The largest absolute Gasteiger partial charge is 0.354 e. The van der Waals surface area contributed by atoms with Gasteiger partial charge in [0.25, 0.3) is 0 Å². The first-order valence-electron chi connectivity index (χ1n) is 10.1. The molecule has 3 aromatic rings. The highest BCUT2D eigenvalue weighted by molar-refractivity contribution is 5.93. The van der Waals surface area contributed by atoms with Crippen LogP contribution >= 0.6 is 0 Å². The van der Waals surface area contributed by atoms with Crippen molar-refractivity contribution in [2.75, 3.05) is 23.3 Å². The van der Waals surface area contributed by atoms with Crippen molar-refractivity contribution in [3.05, 3.63) is 60.7 Å². The van der Waals surface area contributed by atoms with Gasteiger partial charge >= 0.3 is 0 Å². The van der Waals surface area contributed by atoms with E-state index in [1.165, 1.54) is 5.56 Å². The summed E-state index contributed by atoms with van der Waals surface area (Å²) in [5, 5.41) is 11.7. The zero-order chi connectivity index (χ0) is 20.2. The highest BCUT2D eigenvalue weighted by Crippen LogP contribution is 2.24. The highest BCUT2D eigenvalue weighted by Gasteiger charge is 2.27. The molecule has 3 heterocycles. The van der Waals surface area contributed by atoms with Gasteiger partial charge < -0.3 is 10.2 Å². The molecular weight excluding hydrogens is 364 g/mol. The van der Waals surface area contributed by atoms with Gasteiger partial charge in [-0.3, -0.25) is 9.36 Å². The van der Waals surface area contributed by atoms with E-state index >= 15 is 0 Å². The second kappa shape index (κ2) is 8.43. The lowest BCUT2D eigenvalue weighted by molar-refractivity contribution is -0.120. The molecule has 1 amide bonds. The summed E-state index contributed by atoms with van der Waals surface area (Å²) >= 11 is 0. The summed E-state index contributed by atoms with van der Waals surface area (Å²) in [4.78, 5) is 19.0. The third-order valence-electron chi connectivity index (χ3n) is 5.37. The molecule has 1 atom stereocenters. The summed E-state index contributed by atoms with van der Waals surface area (Å²) in [6.45, 7) is 5.85. The SMILES string of the molecule is CC(C)c1ccc(NC(=O)C2CCCN(c3ccc(-n4ccnc4)nn3)C2)cc1. The van der Waals surface area contributed by atoms with Crippen LogP contribution in [0.15, 0.2) is 55.1 Å². The molecule has 1 fully saturated rings. The van der Waals surface area contributed by atoms with Gasteiger partial charge in [-0.15, -0.1) is 10.2 Å². The Morgan fingerprint density at radius 3 is 2.52 bits per heavy atom. The van der Waals surface area contributed by atoms with Gasteiger partial charge in [0, 0.05) is 31.2 Å². The zero-order valence-corrected chi connectivity index (χ0v) is 16.8. The Labute approximate surface area is 170 Å². The molecule has 0 saturated carbocycles. The van der Waals surface area contributed by atoms with Crippen LogP contribution in [0.25, 0.3) is 5.82 Å². The van der Waals surface area contributed by atoms with Crippen molar-refractivity contribution in [2.45, 2.75) is 32.6 Å². The Morgan fingerprint density at radius 2 is 1.86 bits per heavy atom. The minimum Gasteiger partial charge on any atom is -0.354 e. The van der Waals surface area contributed by atoms with E-state index < -0.39 is 0 Å². The lowest BCUT2D eigenvalue weighted by Crippen LogP contribution is -2.41. The molecule has 0 bridgehead atoms. The minimum atomic E-state index is -0.0661. The number of carbonyl (C=O) groups is 1. The fourth-order valence-corrected chi connectivity index (χ4v) is 3.61. The van der Waals surface area contributed by atoms with E-state index in [0.717, 1.165) is 36.7 Å². The van der Waals surface area contributed by atoms with Gasteiger partial charge in [0.15, 0.2) is 11.6 Å². The Bertz CT molecular complexity index is 934. The molecule has 2 aromatic heterocycles. The maximum Gasteiger partial charge on any atom is 0.229 e. The molecule has 1 unspecified atom stereocenters. The van der Waals surface area contributed by atoms with Gasteiger partial charge in [-0.25, -0.2) is 4.98 Å². The smallest absolute Gasteiger partial charge is 0.229 e. The molecular formula is C22H26N6O. The molecule has 1 N–H and O–H groups in total. The molecule has 0 spiro atoms. The molecule has 0 radical (unpaired) electrons. The lowest BCUT2D eigenvalue weighted by atomic mass is 9.97. The van der Waals surface area contributed by atoms with Gasteiger partial charge in [0.05, 0.1) is 5.92 Å². The van der Waals surface area contributed by atoms with E-state index in [2.05, 4.69) is 51.4 Å². The number of hydrogen-bond acceptors (Lipinski definition) is 5. The number of benzene rings is 1. The molecule has 1 aromatic carbocycles. The quantitative estimate of drug-likeness (QED) is 0.720. The average molecular weight is 390 g/mol. The first-order valence-corrected chi connectivity index (χ1v) is 10.1. The van der Waals surface area contributed by atoms with Crippen LogP contribution in [-0.2, 0) is 4.79 Å². The highest BCUT2D eigenvalue weighted by atomic mass is 16.1. The van der Waals surface area contributed by atoms with Crippen LogP contribution in [0.4, 0.5) is 11.5 Å². The van der Waals surface area contributed by atoms with Crippen LogP contribution in [0.5, 0.6) is 0 Å². The van der Waals surface area contributed by atoms with E-state index in [1.54, 1.807) is 12.5 Å². The van der Waals surface area contributed by atoms with Crippen molar-refractivity contribution < 1.29 is 4.79 Å². The first-order chi connectivity index (χ1) is 14.1. The summed E-state index contributed by atoms with van der Waals surface area (Å²) < 4.78 is 1.81. The van der Waals surface area contributed by atoms with Crippen LogP contribution in [0.2, 0.25) is 0 Å². The number of piperidine rings is 1. The Hall–Kier alpha value is -3.22. The number of rotatable bonds is 5. The number of hydrogen-bond donors (Lipinski definition) is 1. The molecule has 4 rings (SSSR count). The molecule has 29 heavy (non-hydrogen) atoms. The number of amides is 1. The summed E-state index contributed by atoms with van der Waals surface area (Å²) in [6, 6.07) is 12.0. The Morgan fingerprint density at radius 1 is 1.10 bits per heavy atom. The van der Waals surface area contributed by atoms with Crippen LogP contribution in [0.3, 0.4) is 0 Å². The summed E-state index contributed by atoms with van der Waals surface area (Å²) in [5.41, 5.74) is 2.12. The van der Waals surface area contributed by atoms with E-state index in [0.29, 0.717) is 12.5 Å². The van der Waals surface area contributed by atoms with Crippen molar-refractivity contribution in [3.63, 3.8) is 0 Å². The van der Waals surface area contributed by atoms with Crippen LogP contribution in [0.1, 0.15) is 38.2 Å². The van der Waals surface area contributed by atoms with Crippen molar-refractivity contribution in [2.24, 2.45) is 5.92 Å². The second-order valence-corrected chi connectivity index (χ2v) is 7.77. The first kappa shape index (κ1) is 19.1. The third kappa shape index (κ3) is 4.45. The second-order valence-electron chi connectivity index (χ2n) is 7.77. The van der Waals surface area contributed by atoms with Crippen molar-refractivity contribution in [3.8, 4) is 5.82 Å². The predicted octanol–water partition coefficient (Wildman–Crippen LogP) is 3.64. The van der Waals surface area contributed by atoms with E-state index in [9.17, 15) is 4.79 Å². The fourth-order valence-electron chi connectivity index (χ4n) is 3.61. The standard InChI is InChI=1S/C22H26N6O/c1-16(2)17-5-7-19(8-6-17)24-22(29)18-4-3-12-27(14-18)20-9-10-21(26-25-20)28-13-11-23-15-28/h5-11,13,15-16,18H,3-4,12,14H2,1-2H3,(H,24,29). The molecule has 0 aliphatic carbocycles. The Balaban J connectivity index is 1.39. The number of nitrogens with zero attached hydrogens (tertiary/aromatic N) is 5. The van der Waals surface area contributed by atoms with Gasteiger partial charge in [-0.05, 0) is 48.6 Å². The maximum absolute atomic E-state index is 12.8. The molecule has 7 heteroatoms. The van der Waals surface area contributed by atoms with Crippen molar-refractivity contribution in [1.82, 2.24) is 19.7 Å². The number of aromatic nitrogens is 4. The van der Waals surface area contributed by atoms with E-state index in [1.807, 2.05) is 35.0 Å². The average Bonchev–Trinajstić information content (AvgIpc) is 3.29. The lowest BCUT2D eigenvalue weighted by Gasteiger charge is -2.32. The normalized spacial score (nSPS) is 16.8. The number of carbonyl (C=O) groups excluding carboxylic acids is 1. The molecule has 150 valence electrons. The van der Waals surface area contributed by atoms with Crippen LogP contribution < -0.4 is 10.2 Å². The van der Waals surface area contributed by atoms with Crippen LogP contribution in [0, 0.1) is 5.92 Å². The zero-order valence-electron chi connectivity index (χ0n) is 16.8. The van der Waals surface area contributed by atoms with E-state index in [-0.39, 0.29) is 11.8 Å². The van der Waals surface area contributed by atoms with E-state index in [4.69, 9.17) is 0 Å². The summed E-state index contributed by atoms with van der Waals surface area (Å²) in [5.74, 6) is 2.00. The fraction of sp³-hybridized carbons (Fsp3) is 0.364. The molecule has 7 nitrogen and oxygen atoms in total. The monoisotopic (exact) mass is 390 g/mol. The van der Waals surface area contributed by atoms with Crippen LogP contribution in [-0.4, -0.2) is 38.7 Å². The van der Waals surface area contributed by atoms with Crippen molar-refractivity contribution in [1.29, 1.82) is 0 Å². The van der Waals surface area contributed by atoms with Gasteiger partial charge in [-0.1, -0.05) is 26.0 Å². The maximum atomic E-state index is 12.8. The summed E-state index contributed by atoms with van der Waals surface area (Å²) in [6.07, 6.45) is 7.07. The minimum absolute atomic E-state index is 0.0648. The predicted molar refractivity (Wildman–Crippen MR) is 113 cm³/mol. The van der Waals surface area contributed by atoms with Gasteiger partial charge in [0.2, 0.25) is 5.91 Å². The number of nitrogens with one attached hydrogen (secondary N) is 1. The van der Waals surface area contributed by atoms with Gasteiger partial charge in [0.1, 0.15) is 6.33 Å². The summed E-state index contributed by atoms with van der Waals surface area (Å²) in [7, 11) is 0. The molecule has 1 aliphatic rings.